The van der Waals surface area contributed by atoms with Crippen LogP contribution in [0.15, 0.2) is 42.5 Å². The number of para-hydroxylation sites is 1. The monoisotopic (exact) mass is 402 g/mol. The number of methoxy groups -OCH3 is 1. The van der Waals surface area contributed by atoms with Gasteiger partial charge in [-0.1, -0.05) is 29.8 Å². The lowest BCUT2D eigenvalue weighted by Crippen LogP contribution is -2.42. The van der Waals surface area contributed by atoms with E-state index >= 15 is 0 Å². The minimum atomic E-state index is -0.188. The molecule has 28 heavy (non-hydrogen) atoms. The summed E-state index contributed by atoms with van der Waals surface area (Å²) in [7, 11) is 1.59. The van der Waals surface area contributed by atoms with Crippen molar-refractivity contribution in [2.45, 2.75) is 32.4 Å². The molecular weight excluding hydrogens is 380 g/mol. The number of carbonyl (C=O) groups excluding carboxylic acids is 2. The van der Waals surface area contributed by atoms with Crippen LogP contribution in [0.3, 0.4) is 0 Å². The van der Waals surface area contributed by atoms with E-state index in [1.54, 1.807) is 30.2 Å². The molecule has 1 unspecified atom stereocenters. The van der Waals surface area contributed by atoms with E-state index < -0.39 is 0 Å². The summed E-state index contributed by atoms with van der Waals surface area (Å²) in [5.74, 6) is 1.02. The molecule has 1 aliphatic rings. The van der Waals surface area contributed by atoms with Crippen molar-refractivity contribution in [2.75, 3.05) is 18.6 Å². The van der Waals surface area contributed by atoms with Crippen molar-refractivity contribution < 1.29 is 19.1 Å². The van der Waals surface area contributed by atoms with Crippen LogP contribution >= 0.6 is 11.6 Å². The van der Waals surface area contributed by atoms with Gasteiger partial charge in [0, 0.05) is 30.0 Å². The summed E-state index contributed by atoms with van der Waals surface area (Å²) in [5, 5.41) is 3.37. The van der Waals surface area contributed by atoms with Gasteiger partial charge in [0.1, 0.15) is 17.6 Å². The number of rotatable bonds is 6. The van der Waals surface area contributed by atoms with Crippen LogP contribution in [-0.2, 0) is 16.1 Å². The molecule has 2 amide bonds. The number of fused-ring (bicyclic) bond motifs is 1. The van der Waals surface area contributed by atoms with Crippen LogP contribution in [0.1, 0.15) is 25.3 Å². The van der Waals surface area contributed by atoms with E-state index in [4.69, 9.17) is 21.1 Å². The summed E-state index contributed by atoms with van der Waals surface area (Å²) in [5.41, 5.74) is 1.53. The summed E-state index contributed by atoms with van der Waals surface area (Å²) < 4.78 is 11.0. The number of ether oxygens (including phenoxy) is 2. The Balaban J connectivity index is 1.57. The number of amides is 2. The van der Waals surface area contributed by atoms with Gasteiger partial charge >= 0.3 is 0 Å². The summed E-state index contributed by atoms with van der Waals surface area (Å²) in [6.07, 6.45) is 0.0866. The zero-order valence-electron chi connectivity index (χ0n) is 15.9. The molecule has 1 atom stereocenters. The van der Waals surface area contributed by atoms with E-state index in [1.807, 2.05) is 31.2 Å². The average molecular weight is 403 g/mol. The van der Waals surface area contributed by atoms with Crippen molar-refractivity contribution in [3.8, 4) is 11.5 Å². The lowest BCUT2D eigenvalue weighted by molar-refractivity contribution is -0.125. The Labute approximate surface area is 169 Å². The SMILES string of the molecule is COc1ccccc1CNC(=O)CCC(=O)N1CC(C)Oc2ccc(Cl)cc21. The number of hydrogen-bond donors (Lipinski definition) is 1. The molecule has 1 N–H and O–H groups in total. The van der Waals surface area contributed by atoms with Crippen molar-refractivity contribution in [3.05, 3.63) is 53.1 Å². The van der Waals surface area contributed by atoms with Gasteiger partial charge in [-0.3, -0.25) is 9.59 Å². The molecule has 3 rings (SSSR count). The number of carbonyl (C=O) groups is 2. The molecule has 0 saturated heterocycles. The Morgan fingerprint density at radius 3 is 2.82 bits per heavy atom. The molecular formula is C21H23ClN2O4. The van der Waals surface area contributed by atoms with E-state index in [2.05, 4.69) is 5.32 Å². The molecule has 148 valence electrons. The third kappa shape index (κ3) is 4.75. The van der Waals surface area contributed by atoms with Crippen molar-refractivity contribution in [1.82, 2.24) is 5.32 Å². The fourth-order valence-electron chi connectivity index (χ4n) is 3.13. The van der Waals surface area contributed by atoms with Crippen molar-refractivity contribution in [3.63, 3.8) is 0 Å². The van der Waals surface area contributed by atoms with Crippen LogP contribution in [0.5, 0.6) is 11.5 Å². The zero-order valence-corrected chi connectivity index (χ0v) is 16.7. The van der Waals surface area contributed by atoms with Crippen molar-refractivity contribution in [1.29, 1.82) is 0 Å². The lowest BCUT2D eigenvalue weighted by atomic mass is 10.1. The predicted molar refractivity (Wildman–Crippen MR) is 108 cm³/mol. The Hall–Kier alpha value is -2.73. The smallest absolute Gasteiger partial charge is 0.227 e. The zero-order chi connectivity index (χ0) is 20.1. The number of nitrogens with one attached hydrogen (secondary N) is 1. The first-order chi connectivity index (χ1) is 13.5. The summed E-state index contributed by atoms with van der Waals surface area (Å²) in [4.78, 5) is 26.6. The van der Waals surface area contributed by atoms with Crippen molar-refractivity contribution in [2.24, 2.45) is 0 Å². The van der Waals surface area contributed by atoms with Crippen molar-refractivity contribution >= 4 is 29.1 Å². The summed E-state index contributed by atoms with van der Waals surface area (Å²) >= 11 is 6.07. The summed E-state index contributed by atoms with van der Waals surface area (Å²) in [6, 6.07) is 12.7. The maximum Gasteiger partial charge on any atom is 0.227 e. The molecule has 0 spiro atoms. The number of halogens is 1. The van der Waals surface area contributed by atoms with Crippen LogP contribution in [0, 0.1) is 0 Å². The molecule has 0 radical (unpaired) electrons. The Bertz CT molecular complexity index is 871. The Kier molecular flexibility index (Phi) is 6.41. The van der Waals surface area contributed by atoms with Crippen LogP contribution in [0.25, 0.3) is 0 Å². The van der Waals surface area contributed by atoms with Crippen LogP contribution in [0.4, 0.5) is 5.69 Å². The first-order valence-corrected chi connectivity index (χ1v) is 9.51. The molecule has 7 heteroatoms. The van der Waals surface area contributed by atoms with E-state index in [1.165, 1.54) is 0 Å². The first kappa shape index (κ1) is 20.0. The topological polar surface area (TPSA) is 67.9 Å². The van der Waals surface area contributed by atoms with E-state index in [9.17, 15) is 9.59 Å². The lowest BCUT2D eigenvalue weighted by Gasteiger charge is -2.33. The van der Waals surface area contributed by atoms with Gasteiger partial charge in [0.05, 0.1) is 19.3 Å². The molecule has 6 nitrogen and oxygen atoms in total. The number of benzene rings is 2. The van der Waals surface area contributed by atoms with E-state index in [0.717, 1.165) is 11.3 Å². The molecule has 2 aromatic rings. The maximum atomic E-state index is 12.7. The quantitative estimate of drug-likeness (QED) is 0.802. The van der Waals surface area contributed by atoms with Gasteiger partial charge < -0.3 is 19.7 Å². The van der Waals surface area contributed by atoms with E-state index in [-0.39, 0.29) is 30.8 Å². The first-order valence-electron chi connectivity index (χ1n) is 9.13. The fourth-order valence-corrected chi connectivity index (χ4v) is 3.30. The molecule has 2 aromatic carbocycles. The van der Waals surface area contributed by atoms with Crippen LogP contribution in [-0.4, -0.2) is 31.6 Å². The Morgan fingerprint density at radius 1 is 1.25 bits per heavy atom. The highest BCUT2D eigenvalue weighted by Crippen LogP contribution is 2.36. The molecule has 0 aliphatic carbocycles. The highest BCUT2D eigenvalue weighted by molar-refractivity contribution is 6.31. The summed E-state index contributed by atoms with van der Waals surface area (Å²) in [6.45, 7) is 2.68. The minimum Gasteiger partial charge on any atom is -0.496 e. The second kappa shape index (κ2) is 8.97. The molecule has 0 aromatic heterocycles. The average Bonchev–Trinajstić information content (AvgIpc) is 2.70. The third-order valence-electron chi connectivity index (χ3n) is 4.52. The van der Waals surface area contributed by atoms with Gasteiger partial charge in [0.25, 0.3) is 0 Å². The number of nitrogens with zero attached hydrogens (tertiary/aromatic N) is 1. The largest absolute Gasteiger partial charge is 0.496 e. The molecule has 0 saturated carbocycles. The highest BCUT2D eigenvalue weighted by atomic mass is 35.5. The van der Waals surface area contributed by atoms with E-state index in [0.29, 0.717) is 29.5 Å². The third-order valence-corrected chi connectivity index (χ3v) is 4.75. The predicted octanol–water partition coefficient (Wildman–Crippen LogP) is 3.56. The molecule has 1 heterocycles. The maximum absolute atomic E-state index is 12.7. The fraction of sp³-hybridized carbons (Fsp3) is 0.333. The second-order valence-electron chi connectivity index (χ2n) is 6.63. The number of hydrogen-bond acceptors (Lipinski definition) is 4. The molecule has 0 fully saturated rings. The van der Waals surface area contributed by atoms with Gasteiger partial charge in [-0.25, -0.2) is 0 Å². The van der Waals surface area contributed by atoms with Gasteiger partial charge in [-0.2, -0.15) is 0 Å². The van der Waals surface area contributed by atoms with Gasteiger partial charge in [0.2, 0.25) is 11.8 Å². The molecule has 0 bridgehead atoms. The highest BCUT2D eigenvalue weighted by Gasteiger charge is 2.28. The van der Waals surface area contributed by atoms with Gasteiger partial charge in [-0.15, -0.1) is 0 Å². The van der Waals surface area contributed by atoms with Gasteiger partial charge in [0.15, 0.2) is 0 Å². The minimum absolute atomic E-state index is 0.107. The second-order valence-corrected chi connectivity index (χ2v) is 7.07. The van der Waals surface area contributed by atoms with Gasteiger partial charge in [-0.05, 0) is 31.2 Å². The number of anilines is 1. The van der Waals surface area contributed by atoms with Crippen LogP contribution in [0.2, 0.25) is 5.02 Å². The Morgan fingerprint density at radius 2 is 2.04 bits per heavy atom. The molecule has 1 aliphatic heterocycles. The normalized spacial score (nSPS) is 15.4. The standard InChI is InChI=1S/C21H23ClN2O4/c1-14-13-24(17-11-16(22)7-8-19(17)28-14)21(26)10-9-20(25)23-12-15-5-3-4-6-18(15)27-2/h3-8,11,14H,9-10,12-13H2,1-2H3,(H,23,25). The van der Waals surface area contributed by atoms with Crippen LogP contribution < -0.4 is 19.7 Å².